The zero-order chi connectivity index (χ0) is 12.0. The van der Waals surface area contributed by atoms with E-state index in [1.54, 1.807) is 0 Å². The smallest absolute Gasteiger partial charge is 0.0637 e. The van der Waals surface area contributed by atoms with Crippen molar-refractivity contribution in [3.05, 3.63) is 0 Å². The van der Waals surface area contributed by atoms with Crippen LogP contribution in [0, 0.1) is 0 Å². The fraction of sp³-hybridized carbons (Fsp3) is 1.00. The summed E-state index contributed by atoms with van der Waals surface area (Å²) >= 11 is 0. The van der Waals surface area contributed by atoms with Gasteiger partial charge in [-0.25, -0.2) is 0 Å². The Labute approximate surface area is 101 Å². The molecule has 1 fully saturated rings. The zero-order valence-corrected chi connectivity index (χ0v) is 11.3. The van der Waals surface area contributed by atoms with Gasteiger partial charge in [-0.1, -0.05) is 13.8 Å². The summed E-state index contributed by atoms with van der Waals surface area (Å²) < 4.78 is 5.64. The van der Waals surface area contributed by atoms with Crippen LogP contribution in [-0.4, -0.2) is 49.3 Å². The van der Waals surface area contributed by atoms with Crippen LogP contribution < -0.4 is 5.32 Å². The van der Waals surface area contributed by atoms with Crippen LogP contribution in [0.3, 0.4) is 0 Å². The van der Waals surface area contributed by atoms with E-state index in [4.69, 9.17) is 4.74 Å². The third-order valence-electron chi connectivity index (χ3n) is 3.44. The highest BCUT2D eigenvalue weighted by atomic mass is 16.5. The maximum absolute atomic E-state index is 5.64. The number of hydrogen-bond acceptors (Lipinski definition) is 3. The topological polar surface area (TPSA) is 24.5 Å². The molecule has 2 atom stereocenters. The Bertz CT molecular complexity index is 185. The third-order valence-corrected chi connectivity index (χ3v) is 3.44. The second-order valence-electron chi connectivity index (χ2n) is 4.92. The summed E-state index contributed by atoms with van der Waals surface area (Å²) in [7, 11) is 0. The molecule has 0 amide bonds. The highest BCUT2D eigenvalue weighted by molar-refractivity contribution is 4.88. The van der Waals surface area contributed by atoms with Crippen molar-refractivity contribution in [2.24, 2.45) is 0 Å². The molecule has 1 saturated heterocycles. The van der Waals surface area contributed by atoms with Crippen LogP contribution in [0.25, 0.3) is 0 Å². The minimum atomic E-state index is 0.547. The van der Waals surface area contributed by atoms with Gasteiger partial charge in [0.1, 0.15) is 0 Å². The molecule has 3 nitrogen and oxygen atoms in total. The fourth-order valence-electron chi connectivity index (χ4n) is 2.60. The van der Waals surface area contributed by atoms with Crippen molar-refractivity contribution in [1.29, 1.82) is 0 Å². The molecule has 2 unspecified atom stereocenters. The number of hydrogen-bond donors (Lipinski definition) is 1. The van der Waals surface area contributed by atoms with Gasteiger partial charge >= 0.3 is 0 Å². The average molecular weight is 228 g/mol. The van der Waals surface area contributed by atoms with Crippen LogP contribution in [-0.2, 0) is 4.74 Å². The van der Waals surface area contributed by atoms with E-state index in [-0.39, 0.29) is 0 Å². The van der Waals surface area contributed by atoms with E-state index in [0.717, 1.165) is 32.7 Å². The van der Waals surface area contributed by atoms with Crippen molar-refractivity contribution >= 4 is 0 Å². The summed E-state index contributed by atoms with van der Waals surface area (Å²) in [4.78, 5) is 2.55. The van der Waals surface area contributed by atoms with Crippen molar-refractivity contribution in [1.82, 2.24) is 10.2 Å². The maximum atomic E-state index is 5.64. The standard InChI is InChI=1S/C13H28N2O/c1-5-8-14-12-7-9-16-10-13(12)15(6-2)11(3)4/h11-14H,5-10H2,1-4H3. The monoisotopic (exact) mass is 228 g/mol. The van der Waals surface area contributed by atoms with Gasteiger partial charge < -0.3 is 10.1 Å². The molecule has 0 spiro atoms. The average Bonchev–Trinajstić information content (AvgIpc) is 2.28. The zero-order valence-electron chi connectivity index (χ0n) is 11.3. The Hall–Kier alpha value is -0.120. The van der Waals surface area contributed by atoms with Gasteiger partial charge in [0, 0.05) is 24.7 Å². The van der Waals surface area contributed by atoms with Gasteiger partial charge in [-0.3, -0.25) is 4.90 Å². The molecule has 0 aromatic carbocycles. The van der Waals surface area contributed by atoms with E-state index in [0.29, 0.717) is 18.1 Å². The Morgan fingerprint density at radius 2 is 2.12 bits per heavy atom. The molecule has 1 aliphatic heterocycles. The van der Waals surface area contributed by atoms with Crippen molar-refractivity contribution in [3.63, 3.8) is 0 Å². The van der Waals surface area contributed by atoms with Gasteiger partial charge in [-0.05, 0) is 39.8 Å². The first kappa shape index (κ1) is 13.9. The SMILES string of the molecule is CCCNC1CCOCC1N(CC)C(C)C. The second kappa shape index (κ2) is 7.25. The van der Waals surface area contributed by atoms with Gasteiger partial charge in [0.2, 0.25) is 0 Å². The summed E-state index contributed by atoms with van der Waals surface area (Å²) in [5, 5.41) is 3.67. The molecule has 0 aliphatic carbocycles. The molecular formula is C13H28N2O. The first-order chi connectivity index (χ1) is 7.70. The molecule has 1 rings (SSSR count). The van der Waals surface area contributed by atoms with Crippen LogP contribution in [0.4, 0.5) is 0 Å². The molecule has 0 radical (unpaired) electrons. The predicted octanol–water partition coefficient (Wildman–Crippen LogP) is 1.87. The predicted molar refractivity (Wildman–Crippen MR) is 68.8 cm³/mol. The van der Waals surface area contributed by atoms with Gasteiger partial charge in [-0.2, -0.15) is 0 Å². The molecule has 3 heteroatoms. The number of nitrogens with one attached hydrogen (secondary N) is 1. The summed E-state index contributed by atoms with van der Waals surface area (Å²) in [6.45, 7) is 13.0. The van der Waals surface area contributed by atoms with E-state index >= 15 is 0 Å². The molecule has 1 aliphatic rings. The normalized spacial score (nSPS) is 26.6. The molecular weight excluding hydrogens is 200 g/mol. The van der Waals surface area contributed by atoms with Crippen LogP contribution in [0.2, 0.25) is 0 Å². The van der Waals surface area contributed by atoms with Crippen LogP contribution >= 0.6 is 0 Å². The lowest BCUT2D eigenvalue weighted by molar-refractivity contribution is -0.0124. The molecule has 1 heterocycles. The lowest BCUT2D eigenvalue weighted by atomic mass is 10.00. The Kier molecular flexibility index (Phi) is 6.32. The first-order valence-electron chi connectivity index (χ1n) is 6.77. The Balaban J connectivity index is 2.57. The molecule has 0 aromatic heterocycles. The maximum Gasteiger partial charge on any atom is 0.0637 e. The second-order valence-corrected chi connectivity index (χ2v) is 4.92. The van der Waals surface area contributed by atoms with Gasteiger partial charge in [0.25, 0.3) is 0 Å². The van der Waals surface area contributed by atoms with Gasteiger partial charge in [0.05, 0.1) is 6.61 Å². The number of rotatable bonds is 6. The number of nitrogens with zero attached hydrogens (tertiary/aromatic N) is 1. The molecule has 96 valence electrons. The summed E-state index contributed by atoms with van der Waals surface area (Å²) in [6, 6.07) is 1.75. The van der Waals surface area contributed by atoms with Gasteiger partial charge in [0.15, 0.2) is 0 Å². The quantitative estimate of drug-likeness (QED) is 0.751. The highest BCUT2D eigenvalue weighted by Gasteiger charge is 2.30. The highest BCUT2D eigenvalue weighted by Crippen LogP contribution is 2.16. The minimum absolute atomic E-state index is 0.547. The Morgan fingerprint density at radius 3 is 2.69 bits per heavy atom. The Morgan fingerprint density at radius 1 is 1.38 bits per heavy atom. The van der Waals surface area contributed by atoms with E-state index < -0.39 is 0 Å². The summed E-state index contributed by atoms with van der Waals surface area (Å²) in [6.07, 6.45) is 2.35. The largest absolute Gasteiger partial charge is 0.380 e. The van der Waals surface area contributed by atoms with E-state index in [9.17, 15) is 0 Å². The van der Waals surface area contributed by atoms with E-state index in [2.05, 4.69) is 37.9 Å². The van der Waals surface area contributed by atoms with Crippen LogP contribution in [0.5, 0.6) is 0 Å². The number of likely N-dealkylation sites (N-methyl/N-ethyl adjacent to an activating group) is 1. The van der Waals surface area contributed by atoms with Crippen LogP contribution in [0.1, 0.15) is 40.5 Å². The first-order valence-corrected chi connectivity index (χ1v) is 6.77. The number of ether oxygens (including phenoxy) is 1. The van der Waals surface area contributed by atoms with Crippen molar-refractivity contribution in [3.8, 4) is 0 Å². The molecule has 0 aromatic rings. The van der Waals surface area contributed by atoms with Crippen LogP contribution in [0.15, 0.2) is 0 Å². The van der Waals surface area contributed by atoms with E-state index in [1.807, 2.05) is 0 Å². The summed E-state index contributed by atoms with van der Waals surface area (Å²) in [5.41, 5.74) is 0. The van der Waals surface area contributed by atoms with Gasteiger partial charge in [-0.15, -0.1) is 0 Å². The molecule has 16 heavy (non-hydrogen) atoms. The minimum Gasteiger partial charge on any atom is -0.380 e. The summed E-state index contributed by atoms with van der Waals surface area (Å²) in [5.74, 6) is 0. The lowest BCUT2D eigenvalue weighted by Gasteiger charge is -2.41. The fourth-order valence-corrected chi connectivity index (χ4v) is 2.60. The van der Waals surface area contributed by atoms with Crippen molar-refractivity contribution in [2.45, 2.75) is 58.7 Å². The van der Waals surface area contributed by atoms with Crippen molar-refractivity contribution in [2.75, 3.05) is 26.3 Å². The molecule has 1 N–H and O–H groups in total. The third kappa shape index (κ3) is 3.72. The molecule has 0 saturated carbocycles. The molecule has 0 bridgehead atoms. The van der Waals surface area contributed by atoms with Crippen molar-refractivity contribution < 1.29 is 4.74 Å². The van der Waals surface area contributed by atoms with E-state index in [1.165, 1.54) is 6.42 Å². The lowest BCUT2D eigenvalue weighted by Crippen LogP contribution is -2.57.